The lowest BCUT2D eigenvalue weighted by molar-refractivity contribution is 0.377. The lowest BCUT2D eigenvalue weighted by Crippen LogP contribution is -2.19. The monoisotopic (exact) mass is 213 g/mol. The van der Waals surface area contributed by atoms with Gasteiger partial charge in [0.25, 0.3) is 0 Å². The molecule has 1 N–H and O–H groups in total. The molecule has 0 aliphatic heterocycles. The summed E-state index contributed by atoms with van der Waals surface area (Å²) >= 11 is 0. The molecule has 0 saturated carbocycles. The van der Waals surface area contributed by atoms with E-state index in [1.165, 1.54) is 0 Å². The number of rotatable bonds is 0. The first-order valence-electron chi connectivity index (χ1n) is 5.21. The van der Waals surface area contributed by atoms with E-state index in [4.69, 9.17) is 20.4 Å². The van der Waals surface area contributed by atoms with Crippen LogP contribution in [0.1, 0.15) is 35.8 Å². The number of nitrogens with zero attached hydrogens (tertiary/aromatic N) is 2. The lowest BCUT2D eigenvalue weighted by atomic mass is 9.85. The van der Waals surface area contributed by atoms with Crippen LogP contribution in [0.3, 0.4) is 0 Å². The summed E-state index contributed by atoms with van der Waals surface area (Å²) in [4.78, 5) is 0. The van der Waals surface area contributed by atoms with E-state index in [2.05, 4.69) is 6.92 Å². The van der Waals surface area contributed by atoms with Crippen LogP contribution in [0, 0.1) is 34.0 Å². The van der Waals surface area contributed by atoms with E-state index in [9.17, 15) is 0 Å². The van der Waals surface area contributed by atoms with Crippen molar-refractivity contribution in [2.45, 2.75) is 26.2 Å². The summed E-state index contributed by atoms with van der Waals surface area (Å²) in [7, 11) is 0. The van der Waals surface area contributed by atoms with Gasteiger partial charge in [-0.05, 0) is 18.8 Å². The Hall–Kier alpha value is -2.07. The van der Waals surface area contributed by atoms with Crippen molar-refractivity contribution in [3.05, 3.63) is 28.0 Å². The van der Waals surface area contributed by atoms with Gasteiger partial charge < -0.3 is 4.42 Å². The molecule has 0 fully saturated rings. The van der Waals surface area contributed by atoms with Gasteiger partial charge in [0, 0.05) is 12.0 Å². The van der Waals surface area contributed by atoms with E-state index in [1.807, 2.05) is 12.1 Å². The van der Waals surface area contributed by atoms with E-state index in [1.54, 1.807) is 0 Å². The molecule has 0 amide bonds. The normalized spacial score (nSPS) is 18.3. The quantitative estimate of drug-likeness (QED) is 0.710. The van der Waals surface area contributed by atoms with E-state index < -0.39 is 0 Å². The van der Waals surface area contributed by atoms with Crippen molar-refractivity contribution in [1.82, 2.24) is 0 Å². The molecule has 0 saturated heterocycles. The molecule has 0 radical (unpaired) electrons. The number of fused-ring (bicyclic) bond motifs is 1. The number of hydrogen-bond acceptors (Lipinski definition) is 4. The first-order chi connectivity index (χ1) is 7.67. The molecule has 2 rings (SSSR count). The Morgan fingerprint density at radius 2 is 2.00 bits per heavy atom. The molecule has 16 heavy (non-hydrogen) atoms. The second kappa shape index (κ2) is 3.83. The Labute approximate surface area is 93.3 Å². The number of aryl methyl sites for hydroxylation is 1. The maximum atomic E-state index is 9.09. The molecule has 1 aliphatic carbocycles. The molecule has 1 heterocycles. The molecule has 4 heteroatoms. The molecule has 1 unspecified atom stereocenters. The van der Waals surface area contributed by atoms with Gasteiger partial charge >= 0.3 is 0 Å². The summed E-state index contributed by atoms with van der Waals surface area (Å²) in [5.41, 5.74) is 1.04. The van der Waals surface area contributed by atoms with Crippen molar-refractivity contribution < 1.29 is 4.42 Å². The predicted molar refractivity (Wildman–Crippen MR) is 55.2 cm³/mol. The topological polar surface area (TPSA) is 84.6 Å². The van der Waals surface area contributed by atoms with Crippen molar-refractivity contribution in [3.63, 3.8) is 0 Å². The first-order valence-corrected chi connectivity index (χ1v) is 5.21. The zero-order valence-corrected chi connectivity index (χ0v) is 9.00. The average Bonchev–Trinajstić information content (AvgIpc) is 2.28. The van der Waals surface area contributed by atoms with Crippen molar-refractivity contribution >= 4 is 0 Å². The third-order valence-corrected chi connectivity index (χ3v) is 2.98. The molecule has 1 aromatic rings. The fraction of sp³-hybridized carbons (Fsp3) is 0.417. The maximum Gasteiger partial charge on any atom is 0.230 e. The van der Waals surface area contributed by atoms with Crippen LogP contribution in [-0.2, 0) is 12.8 Å². The molecule has 80 valence electrons. The Morgan fingerprint density at radius 3 is 2.62 bits per heavy atom. The highest BCUT2D eigenvalue weighted by molar-refractivity contribution is 5.50. The van der Waals surface area contributed by atoms with Gasteiger partial charge in [0.2, 0.25) is 5.55 Å². The molecule has 4 nitrogen and oxygen atoms in total. The number of nitriles is 2. The fourth-order valence-corrected chi connectivity index (χ4v) is 2.12. The molecular weight excluding hydrogens is 202 g/mol. The van der Waals surface area contributed by atoms with Gasteiger partial charge in [0.05, 0.1) is 5.56 Å². The highest BCUT2D eigenvalue weighted by Gasteiger charge is 2.23. The summed E-state index contributed by atoms with van der Waals surface area (Å²) in [5, 5.41) is 25.6. The Morgan fingerprint density at radius 1 is 1.31 bits per heavy atom. The molecule has 0 aromatic carbocycles. The largest absolute Gasteiger partial charge is 0.442 e. The third kappa shape index (κ3) is 1.49. The van der Waals surface area contributed by atoms with Crippen LogP contribution < -0.4 is 5.55 Å². The van der Waals surface area contributed by atoms with E-state index in [0.717, 1.165) is 24.8 Å². The minimum atomic E-state index is -0.188. The SMILES string of the molecule is CC1CCc2oc(=N)c(C#N)c(C#N)c2C1. The smallest absolute Gasteiger partial charge is 0.230 e. The molecule has 0 spiro atoms. The van der Waals surface area contributed by atoms with Crippen LogP contribution in [-0.4, -0.2) is 0 Å². The maximum absolute atomic E-state index is 9.09. The van der Waals surface area contributed by atoms with Gasteiger partial charge in [-0.1, -0.05) is 6.92 Å². The minimum Gasteiger partial charge on any atom is -0.442 e. The van der Waals surface area contributed by atoms with E-state index in [0.29, 0.717) is 17.2 Å². The van der Waals surface area contributed by atoms with Crippen molar-refractivity contribution in [3.8, 4) is 12.1 Å². The third-order valence-electron chi connectivity index (χ3n) is 2.98. The predicted octanol–water partition coefficient (Wildman–Crippen LogP) is 1.63. The van der Waals surface area contributed by atoms with Gasteiger partial charge in [-0.25, -0.2) is 0 Å². The second-order valence-corrected chi connectivity index (χ2v) is 4.15. The Kier molecular flexibility index (Phi) is 2.50. The Balaban J connectivity index is 2.74. The summed E-state index contributed by atoms with van der Waals surface area (Å²) in [6.07, 6.45) is 2.52. The van der Waals surface area contributed by atoms with Crippen molar-refractivity contribution in [1.29, 1.82) is 15.9 Å². The minimum absolute atomic E-state index is 0.0651. The summed E-state index contributed by atoms with van der Waals surface area (Å²) in [5.74, 6) is 1.21. The molecule has 0 bridgehead atoms. The van der Waals surface area contributed by atoms with Gasteiger partial charge in [0.15, 0.2) is 0 Å². The average molecular weight is 213 g/mol. The number of nitrogens with one attached hydrogen (secondary N) is 1. The van der Waals surface area contributed by atoms with Gasteiger partial charge in [-0.15, -0.1) is 0 Å². The van der Waals surface area contributed by atoms with Crippen LogP contribution in [0.4, 0.5) is 0 Å². The molecular formula is C12H11N3O. The Bertz CT molecular complexity index is 572. The zero-order valence-electron chi connectivity index (χ0n) is 9.00. The van der Waals surface area contributed by atoms with Crippen molar-refractivity contribution in [2.75, 3.05) is 0 Å². The van der Waals surface area contributed by atoms with Gasteiger partial charge in [0.1, 0.15) is 23.5 Å². The summed E-state index contributed by atoms with van der Waals surface area (Å²) in [6.45, 7) is 2.12. The van der Waals surface area contributed by atoms with E-state index in [-0.39, 0.29) is 11.1 Å². The van der Waals surface area contributed by atoms with E-state index >= 15 is 0 Å². The highest BCUT2D eigenvalue weighted by atomic mass is 16.3. The fourth-order valence-electron chi connectivity index (χ4n) is 2.12. The zero-order chi connectivity index (χ0) is 11.7. The van der Waals surface area contributed by atoms with Gasteiger partial charge in [-0.2, -0.15) is 10.5 Å². The standard InChI is InChI=1S/C12H11N3O/c1-7-2-3-11-8(4-7)9(5-13)10(6-14)12(15)16-11/h7,15H,2-4H2,1H3. The lowest BCUT2D eigenvalue weighted by Gasteiger charge is -2.21. The molecule has 1 atom stereocenters. The van der Waals surface area contributed by atoms with Crippen LogP contribution in [0.25, 0.3) is 0 Å². The molecule has 1 aromatic heterocycles. The van der Waals surface area contributed by atoms with Crippen molar-refractivity contribution in [2.24, 2.45) is 5.92 Å². The summed E-state index contributed by atoms with van der Waals surface area (Å²) < 4.78 is 5.31. The summed E-state index contributed by atoms with van der Waals surface area (Å²) in [6, 6.07) is 3.91. The van der Waals surface area contributed by atoms with Crippen LogP contribution in [0.5, 0.6) is 0 Å². The van der Waals surface area contributed by atoms with Crippen LogP contribution in [0.15, 0.2) is 4.42 Å². The van der Waals surface area contributed by atoms with Crippen LogP contribution >= 0.6 is 0 Å². The van der Waals surface area contributed by atoms with Crippen LogP contribution in [0.2, 0.25) is 0 Å². The molecule has 1 aliphatic rings. The second-order valence-electron chi connectivity index (χ2n) is 4.15. The number of hydrogen-bond donors (Lipinski definition) is 1. The highest BCUT2D eigenvalue weighted by Crippen LogP contribution is 2.27. The first kappa shape index (κ1) is 10.4. The van der Waals surface area contributed by atoms with Gasteiger partial charge in [-0.3, -0.25) is 5.41 Å².